The van der Waals surface area contributed by atoms with Crippen LogP contribution in [0.2, 0.25) is 0 Å². The maximum atomic E-state index is 12.0. The van der Waals surface area contributed by atoms with Crippen molar-refractivity contribution in [2.45, 2.75) is 5.51 Å². The Balaban J connectivity index is 2.91. The summed E-state index contributed by atoms with van der Waals surface area (Å²) >= 11 is 0. The van der Waals surface area contributed by atoms with E-state index in [0.29, 0.717) is 5.69 Å². The van der Waals surface area contributed by atoms with Crippen LogP contribution in [-0.2, 0) is 10.1 Å². The zero-order valence-electron chi connectivity index (χ0n) is 9.02. The first-order valence-electron chi connectivity index (χ1n) is 4.41. The number of benzene rings is 1. The lowest BCUT2D eigenvalue weighted by atomic mass is 10.3. The summed E-state index contributed by atoms with van der Waals surface area (Å²) < 4.78 is 61.3. The molecule has 0 aliphatic rings. The summed E-state index contributed by atoms with van der Waals surface area (Å²) in [7, 11) is -2.12. The van der Waals surface area contributed by atoms with E-state index >= 15 is 0 Å². The number of alkyl halides is 3. The third-order valence-electron chi connectivity index (χ3n) is 1.84. The van der Waals surface area contributed by atoms with Gasteiger partial charge < -0.3 is 9.08 Å². The van der Waals surface area contributed by atoms with E-state index in [0.717, 1.165) is 12.1 Å². The normalized spacial score (nSPS) is 12.3. The van der Waals surface area contributed by atoms with Crippen molar-refractivity contribution >= 4 is 15.8 Å². The van der Waals surface area contributed by atoms with Crippen LogP contribution in [0.25, 0.3) is 0 Å². The zero-order chi connectivity index (χ0) is 13.3. The first-order valence-corrected chi connectivity index (χ1v) is 5.82. The van der Waals surface area contributed by atoms with Gasteiger partial charge in [0.2, 0.25) is 0 Å². The van der Waals surface area contributed by atoms with Gasteiger partial charge >= 0.3 is 15.6 Å². The van der Waals surface area contributed by atoms with Crippen molar-refractivity contribution in [3.05, 3.63) is 24.3 Å². The Hall–Kier alpha value is -1.44. The first-order chi connectivity index (χ1) is 7.63. The maximum absolute atomic E-state index is 12.0. The van der Waals surface area contributed by atoms with E-state index in [-0.39, 0.29) is 5.75 Å². The van der Waals surface area contributed by atoms with Crippen LogP contribution in [-0.4, -0.2) is 28.0 Å². The van der Waals surface area contributed by atoms with Gasteiger partial charge in [-0.1, -0.05) is 0 Å². The van der Waals surface area contributed by atoms with Gasteiger partial charge in [-0.15, -0.1) is 0 Å². The molecule has 0 aromatic heterocycles. The Labute approximate surface area is 96.7 Å². The van der Waals surface area contributed by atoms with Crippen LogP contribution < -0.4 is 9.08 Å². The van der Waals surface area contributed by atoms with Gasteiger partial charge in [0.05, 0.1) is 0 Å². The number of nitrogens with zero attached hydrogens (tertiary/aromatic N) is 1. The molecule has 0 fully saturated rings. The monoisotopic (exact) mass is 269 g/mol. The quantitative estimate of drug-likeness (QED) is 0.622. The molecular weight excluding hydrogens is 259 g/mol. The molecule has 96 valence electrons. The molecular formula is C9H10F3NO3S. The third-order valence-corrected chi connectivity index (χ3v) is 2.82. The summed E-state index contributed by atoms with van der Waals surface area (Å²) in [6.45, 7) is 0. The van der Waals surface area contributed by atoms with Gasteiger partial charge in [0.1, 0.15) is 5.75 Å². The molecule has 0 heterocycles. The largest absolute Gasteiger partial charge is 0.534 e. The van der Waals surface area contributed by atoms with Crippen LogP contribution in [0.4, 0.5) is 18.9 Å². The van der Waals surface area contributed by atoms with Crippen LogP contribution in [0.15, 0.2) is 24.3 Å². The molecule has 1 aromatic carbocycles. The van der Waals surface area contributed by atoms with E-state index in [1.165, 1.54) is 12.1 Å². The summed E-state index contributed by atoms with van der Waals surface area (Å²) in [6, 6.07) is 5.19. The summed E-state index contributed by atoms with van der Waals surface area (Å²) in [5.41, 5.74) is -4.71. The standard InChI is InChI=1S/C9H10F3NO3S/c1-13(2)7-3-5-8(6-4-7)16-17(14,15)9(10,11)12/h3-6H,1-2H3. The number of halogens is 3. The highest BCUT2D eigenvalue weighted by molar-refractivity contribution is 7.87. The molecule has 0 radical (unpaired) electrons. The molecule has 8 heteroatoms. The summed E-state index contributed by atoms with van der Waals surface area (Å²) in [6.07, 6.45) is 0. The average Bonchev–Trinajstić information content (AvgIpc) is 2.16. The van der Waals surface area contributed by atoms with Crippen LogP contribution in [0.1, 0.15) is 0 Å². The average molecular weight is 269 g/mol. The van der Waals surface area contributed by atoms with Gasteiger partial charge in [-0.3, -0.25) is 0 Å². The molecule has 0 bridgehead atoms. The van der Waals surface area contributed by atoms with Crippen molar-refractivity contribution in [2.24, 2.45) is 0 Å². The summed E-state index contributed by atoms with van der Waals surface area (Å²) in [5.74, 6) is -0.382. The molecule has 0 saturated heterocycles. The van der Waals surface area contributed by atoms with Gasteiger partial charge in [-0.2, -0.15) is 21.6 Å². The highest BCUT2D eigenvalue weighted by atomic mass is 32.2. The fourth-order valence-electron chi connectivity index (χ4n) is 0.974. The second-order valence-electron chi connectivity index (χ2n) is 3.37. The number of anilines is 1. The molecule has 17 heavy (non-hydrogen) atoms. The van der Waals surface area contributed by atoms with E-state index in [1.54, 1.807) is 19.0 Å². The van der Waals surface area contributed by atoms with Crippen molar-refractivity contribution in [3.8, 4) is 5.75 Å². The highest BCUT2D eigenvalue weighted by Gasteiger charge is 2.48. The molecule has 0 unspecified atom stereocenters. The SMILES string of the molecule is CN(C)c1ccc(OS(=O)(=O)C(F)(F)F)cc1. The van der Waals surface area contributed by atoms with E-state index in [2.05, 4.69) is 4.18 Å². The maximum Gasteiger partial charge on any atom is 0.534 e. The van der Waals surface area contributed by atoms with Gasteiger partial charge in [-0.05, 0) is 24.3 Å². The van der Waals surface area contributed by atoms with E-state index in [4.69, 9.17) is 0 Å². The minimum Gasteiger partial charge on any atom is -0.378 e. The summed E-state index contributed by atoms with van der Waals surface area (Å²) in [5, 5.41) is 0. The molecule has 0 aliphatic carbocycles. The molecule has 0 spiro atoms. The van der Waals surface area contributed by atoms with Crippen molar-refractivity contribution < 1.29 is 25.8 Å². The van der Waals surface area contributed by atoms with Crippen LogP contribution in [0.3, 0.4) is 0 Å². The molecule has 0 saturated carbocycles. The second-order valence-corrected chi connectivity index (χ2v) is 4.91. The second kappa shape index (κ2) is 4.44. The van der Waals surface area contributed by atoms with E-state index in [1.807, 2.05) is 0 Å². The third kappa shape index (κ3) is 3.26. The minimum atomic E-state index is -5.60. The molecule has 1 aromatic rings. The van der Waals surface area contributed by atoms with E-state index in [9.17, 15) is 21.6 Å². The Morgan fingerprint density at radius 3 is 1.94 bits per heavy atom. The van der Waals surface area contributed by atoms with Crippen molar-refractivity contribution in [3.63, 3.8) is 0 Å². The Morgan fingerprint density at radius 1 is 1.12 bits per heavy atom. The van der Waals surface area contributed by atoms with Crippen LogP contribution in [0, 0.1) is 0 Å². The molecule has 1 rings (SSSR count). The Kier molecular flexibility index (Phi) is 3.56. The zero-order valence-corrected chi connectivity index (χ0v) is 9.84. The lowest BCUT2D eigenvalue weighted by molar-refractivity contribution is -0.0500. The smallest absolute Gasteiger partial charge is 0.378 e. The highest BCUT2D eigenvalue weighted by Crippen LogP contribution is 2.27. The first kappa shape index (κ1) is 13.6. The number of hydrogen-bond donors (Lipinski definition) is 0. The van der Waals surface area contributed by atoms with Crippen molar-refractivity contribution in [1.29, 1.82) is 0 Å². The van der Waals surface area contributed by atoms with Gasteiger partial charge in [0, 0.05) is 19.8 Å². The van der Waals surface area contributed by atoms with Crippen molar-refractivity contribution in [1.82, 2.24) is 0 Å². The fraction of sp³-hybridized carbons (Fsp3) is 0.333. The summed E-state index contributed by atoms with van der Waals surface area (Å²) in [4.78, 5) is 1.71. The molecule has 0 aliphatic heterocycles. The number of hydrogen-bond acceptors (Lipinski definition) is 4. The Bertz CT molecular complexity index is 479. The molecule has 0 amide bonds. The van der Waals surface area contributed by atoms with Gasteiger partial charge in [-0.25, -0.2) is 0 Å². The van der Waals surface area contributed by atoms with Gasteiger partial charge in [0.25, 0.3) is 0 Å². The Morgan fingerprint density at radius 2 is 1.59 bits per heavy atom. The topological polar surface area (TPSA) is 46.6 Å². The fourth-order valence-corrected chi connectivity index (χ4v) is 1.43. The molecule has 0 N–H and O–H groups in total. The molecule has 0 atom stereocenters. The number of rotatable bonds is 3. The lowest BCUT2D eigenvalue weighted by Crippen LogP contribution is -2.28. The van der Waals surface area contributed by atoms with Crippen LogP contribution >= 0.6 is 0 Å². The molecule has 4 nitrogen and oxygen atoms in total. The van der Waals surface area contributed by atoms with Crippen LogP contribution in [0.5, 0.6) is 5.75 Å². The van der Waals surface area contributed by atoms with Gasteiger partial charge in [0.15, 0.2) is 0 Å². The predicted octanol–water partition coefficient (Wildman–Crippen LogP) is 1.98. The minimum absolute atomic E-state index is 0.382. The van der Waals surface area contributed by atoms with E-state index < -0.39 is 15.6 Å². The lowest BCUT2D eigenvalue weighted by Gasteiger charge is -2.13. The predicted molar refractivity (Wildman–Crippen MR) is 56.4 cm³/mol. The van der Waals surface area contributed by atoms with Crippen molar-refractivity contribution in [2.75, 3.05) is 19.0 Å².